The molecule has 4 aromatic carbocycles. The molecule has 0 aliphatic carbocycles. The van der Waals surface area contributed by atoms with Crippen LogP contribution in [-0.4, -0.2) is 50.2 Å². The summed E-state index contributed by atoms with van der Waals surface area (Å²) in [6, 6.07) is 24.6. The smallest absolute Gasteiger partial charge is 0.357 e. The molecule has 0 spiro atoms. The lowest BCUT2D eigenvalue weighted by Crippen LogP contribution is -2.11. The van der Waals surface area contributed by atoms with Gasteiger partial charge in [0.25, 0.3) is 0 Å². The number of nitrogens with zero attached hydrogens (tertiary/aromatic N) is 6. The Morgan fingerprint density at radius 2 is 1.00 bits per heavy atom. The Morgan fingerprint density at radius 3 is 1.44 bits per heavy atom. The zero-order valence-electron chi connectivity index (χ0n) is 30.1. The molecular formula is C36H31ClF2N12O6S2. The van der Waals surface area contributed by atoms with E-state index in [2.05, 4.69) is 45.6 Å². The van der Waals surface area contributed by atoms with Gasteiger partial charge in [-0.1, -0.05) is 0 Å². The summed E-state index contributed by atoms with van der Waals surface area (Å²) in [5.41, 5.74) is 7.51. The summed E-state index contributed by atoms with van der Waals surface area (Å²) in [7, 11) is -7.36. The molecule has 6 aromatic rings. The van der Waals surface area contributed by atoms with Gasteiger partial charge in [-0.25, -0.2) is 59.0 Å². The molecule has 0 aliphatic heterocycles. The largest absolute Gasteiger partial charge is 0.426 e. The lowest BCUT2D eigenvalue weighted by molar-refractivity contribution is 0.361. The van der Waals surface area contributed by atoms with Gasteiger partial charge in [-0.2, -0.15) is 9.97 Å². The van der Waals surface area contributed by atoms with Crippen LogP contribution in [0.2, 0.25) is 5.28 Å². The third-order valence-corrected chi connectivity index (χ3v) is 8.97. The maximum atomic E-state index is 14.1. The van der Waals surface area contributed by atoms with Gasteiger partial charge in [0.05, 0.1) is 22.2 Å². The van der Waals surface area contributed by atoms with Crippen LogP contribution in [0.15, 0.2) is 119 Å². The van der Waals surface area contributed by atoms with E-state index in [0.29, 0.717) is 34.2 Å². The van der Waals surface area contributed by atoms with E-state index in [1.165, 1.54) is 48.5 Å². The number of rotatable bonds is 12. The number of primary sulfonamides is 2. The highest BCUT2D eigenvalue weighted by atomic mass is 35.5. The van der Waals surface area contributed by atoms with Crippen molar-refractivity contribution in [2.75, 3.05) is 35.1 Å². The third-order valence-electron chi connectivity index (χ3n) is 6.93. The summed E-state index contributed by atoms with van der Waals surface area (Å²) in [5, 5.41) is 18.3. The first-order valence-electron chi connectivity index (χ1n) is 16.2. The lowest BCUT2D eigenvalue weighted by Gasteiger charge is -2.10. The van der Waals surface area contributed by atoms with Gasteiger partial charge in [0.2, 0.25) is 31.3 Å². The van der Waals surface area contributed by atoms with Crippen LogP contribution in [0.3, 0.4) is 0 Å². The van der Waals surface area contributed by atoms with E-state index in [1.54, 1.807) is 48.5 Å². The van der Waals surface area contributed by atoms with E-state index in [9.17, 15) is 25.6 Å². The molecule has 2 aromatic heterocycles. The topological polar surface area (TPSA) is 261 Å². The summed E-state index contributed by atoms with van der Waals surface area (Å²) in [6.45, 7) is 13.2. The van der Waals surface area contributed by atoms with Crippen molar-refractivity contribution >= 4 is 72.0 Å². The fourth-order valence-electron chi connectivity index (χ4n) is 4.22. The van der Waals surface area contributed by atoms with E-state index in [4.69, 9.17) is 50.2 Å². The quantitative estimate of drug-likeness (QED) is 0.0455. The lowest BCUT2D eigenvalue weighted by atomic mass is 10.3. The number of nitrogens with two attached hydrogens (primary N) is 3. The predicted octanol–water partition coefficient (Wildman–Crippen LogP) is 6.19. The molecule has 0 radical (unpaired) electrons. The molecule has 9 N–H and O–H groups in total. The minimum Gasteiger partial charge on any atom is -0.426 e. The zero-order chi connectivity index (χ0) is 43.0. The van der Waals surface area contributed by atoms with Crippen molar-refractivity contribution in [2.24, 2.45) is 10.3 Å². The first kappa shape index (κ1) is 44.5. The predicted molar refractivity (Wildman–Crippen MR) is 216 cm³/mol. The highest BCUT2D eigenvalue weighted by molar-refractivity contribution is 7.89. The van der Waals surface area contributed by atoms with Gasteiger partial charge in [-0.3, -0.25) is 9.69 Å². The summed E-state index contributed by atoms with van der Waals surface area (Å²) in [6.07, 6.45) is 1.99. The van der Waals surface area contributed by atoms with E-state index in [-0.39, 0.29) is 46.1 Å². The van der Waals surface area contributed by atoms with Crippen molar-refractivity contribution < 1.29 is 35.1 Å². The van der Waals surface area contributed by atoms with Crippen LogP contribution in [0.1, 0.15) is 0 Å². The Morgan fingerprint density at radius 1 is 0.610 bits per heavy atom. The standard InChI is InChI=1S/C18H15FN6O3S.C12H8ClFN4O.C6H8N2O2S/c1-21-11-28-14-6-2-12(3-7-14)23-17-16(19)10-22-18(25-17)24-13-4-8-15(9-5-13)29(20,26)27;1-15-7-19-9-4-2-8(3-5-9)17-11-10(14)6-16-12(13)18-11;7-5-1-3-6(4-2-5)11(8,9)10/h2-10H,11H2,(H2,20,26,27)(H2,22,23,24,25);2-6H,7H2,(H,16,17,18);1-4H,7H2,(H2,8,9,10). The van der Waals surface area contributed by atoms with Crippen molar-refractivity contribution in [1.29, 1.82) is 0 Å². The SMILES string of the molecule is Nc1ccc(S(N)(=O)=O)cc1.[C-]#[N+]COc1ccc(Nc2nc(Cl)ncc2F)cc1.[C-]#[N+]COc1ccc(Nc2nc(Nc3ccc(S(N)(=O)=O)cc3)ncc2F)cc1. The second kappa shape index (κ2) is 20.8. The van der Waals surface area contributed by atoms with Crippen LogP contribution in [0, 0.1) is 24.8 Å². The van der Waals surface area contributed by atoms with Crippen molar-refractivity contribution in [3.8, 4) is 11.5 Å². The Hall–Kier alpha value is -7.21. The number of nitrogens with one attached hydrogen (secondary N) is 3. The maximum absolute atomic E-state index is 14.1. The maximum Gasteiger partial charge on any atom is 0.357 e. The number of aromatic nitrogens is 4. The number of benzene rings is 4. The highest BCUT2D eigenvalue weighted by Gasteiger charge is 2.11. The number of halogens is 3. The summed E-state index contributed by atoms with van der Waals surface area (Å²) in [5.74, 6) is -0.142. The molecule has 0 atom stereocenters. The number of hydrogen-bond acceptors (Lipinski definition) is 14. The van der Waals surface area contributed by atoms with Crippen LogP contribution in [-0.2, 0) is 20.0 Å². The van der Waals surface area contributed by atoms with Gasteiger partial charge in [0.1, 0.15) is 11.5 Å². The van der Waals surface area contributed by atoms with Crippen molar-refractivity contribution in [3.05, 3.63) is 149 Å². The first-order chi connectivity index (χ1) is 28.0. The average molecular weight is 865 g/mol. The minimum atomic E-state index is -3.79. The second-order valence-corrected chi connectivity index (χ2v) is 14.7. The number of sulfonamides is 2. The van der Waals surface area contributed by atoms with Gasteiger partial charge >= 0.3 is 13.5 Å². The highest BCUT2D eigenvalue weighted by Crippen LogP contribution is 2.24. The zero-order valence-corrected chi connectivity index (χ0v) is 32.5. The van der Waals surface area contributed by atoms with Crippen LogP contribution in [0.25, 0.3) is 9.69 Å². The molecule has 0 saturated carbocycles. The Balaban J connectivity index is 0.000000219. The molecule has 2 heterocycles. The normalized spacial score (nSPS) is 10.6. The molecule has 0 amide bonds. The number of nitrogen functional groups attached to an aromatic ring is 1. The van der Waals surface area contributed by atoms with Crippen LogP contribution in [0.4, 0.5) is 49.1 Å². The minimum absolute atomic E-state index is 0.00479. The fraction of sp³-hybridized carbons (Fsp3) is 0.0556. The second-order valence-electron chi connectivity index (χ2n) is 11.2. The molecular weight excluding hydrogens is 834 g/mol. The van der Waals surface area contributed by atoms with E-state index in [1.807, 2.05) is 0 Å². The van der Waals surface area contributed by atoms with Crippen molar-refractivity contribution in [2.45, 2.75) is 9.79 Å². The van der Waals surface area contributed by atoms with Crippen LogP contribution < -0.4 is 41.4 Å². The summed E-state index contributed by atoms with van der Waals surface area (Å²) in [4.78, 5) is 21.4. The van der Waals surface area contributed by atoms with E-state index >= 15 is 0 Å². The van der Waals surface area contributed by atoms with Gasteiger partial charge in [0, 0.05) is 22.7 Å². The first-order valence-corrected chi connectivity index (χ1v) is 19.7. The fourth-order valence-corrected chi connectivity index (χ4v) is 5.38. The molecule has 0 fully saturated rings. The number of hydrogen-bond donors (Lipinski definition) is 6. The van der Waals surface area contributed by atoms with Gasteiger partial charge in [0.15, 0.2) is 23.3 Å². The molecule has 0 bridgehead atoms. The molecule has 6 rings (SSSR count). The van der Waals surface area contributed by atoms with Crippen molar-refractivity contribution in [1.82, 2.24) is 19.9 Å². The van der Waals surface area contributed by atoms with E-state index < -0.39 is 31.7 Å². The monoisotopic (exact) mass is 864 g/mol. The summed E-state index contributed by atoms with van der Waals surface area (Å²) >= 11 is 5.59. The van der Waals surface area contributed by atoms with E-state index in [0.717, 1.165) is 12.4 Å². The average Bonchev–Trinajstić information content (AvgIpc) is 3.20. The third kappa shape index (κ3) is 14.7. The molecule has 0 saturated heterocycles. The molecule has 304 valence electrons. The molecule has 23 heteroatoms. The molecule has 59 heavy (non-hydrogen) atoms. The van der Waals surface area contributed by atoms with Crippen LogP contribution >= 0.6 is 11.6 Å². The van der Waals surface area contributed by atoms with Gasteiger partial charge < -0.3 is 31.2 Å². The van der Waals surface area contributed by atoms with Crippen LogP contribution in [0.5, 0.6) is 11.5 Å². The number of ether oxygens (including phenoxy) is 2. The Labute approximate surface area is 341 Å². The Bertz CT molecular complexity index is 2650. The molecule has 18 nitrogen and oxygen atoms in total. The van der Waals surface area contributed by atoms with Gasteiger partial charge in [-0.15, -0.1) is 0 Å². The molecule has 0 unspecified atom stereocenters. The number of anilines is 7. The van der Waals surface area contributed by atoms with Crippen molar-refractivity contribution in [3.63, 3.8) is 0 Å². The molecule has 0 aliphatic rings. The Kier molecular flexibility index (Phi) is 15.7. The summed E-state index contributed by atoms with van der Waals surface area (Å²) < 4.78 is 81.7. The van der Waals surface area contributed by atoms with Gasteiger partial charge in [-0.05, 0) is 109 Å².